The molecule has 1 rings (SSSR count). The number of hydrogen-bond donors (Lipinski definition) is 2. The third kappa shape index (κ3) is 5.71. The summed E-state index contributed by atoms with van der Waals surface area (Å²) in [6.45, 7) is 7.92. The summed E-state index contributed by atoms with van der Waals surface area (Å²) in [4.78, 5) is 0. The molecule has 0 fully saturated rings. The van der Waals surface area contributed by atoms with Gasteiger partial charge in [0.05, 0.1) is 6.10 Å². The number of rotatable bonds is 7. The van der Waals surface area contributed by atoms with Crippen molar-refractivity contribution >= 4 is 0 Å². The summed E-state index contributed by atoms with van der Waals surface area (Å²) in [7, 11) is 0. The Morgan fingerprint density at radius 3 is 2.71 bits per heavy atom. The summed E-state index contributed by atoms with van der Waals surface area (Å²) in [6, 6.07) is 8.10. The van der Waals surface area contributed by atoms with E-state index in [2.05, 4.69) is 17.4 Å². The fourth-order valence-corrected chi connectivity index (χ4v) is 1.53. The highest BCUT2D eigenvalue weighted by Crippen LogP contribution is 2.14. The molecule has 0 bridgehead atoms. The summed E-state index contributed by atoms with van der Waals surface area (Å²) in [5.41, 5.74) is 1.20. The lowest BCUT2D eigenvalue weighted by Gasteiger charge is -2.12. The van der Waals surface area contributed by atoms with Crippen LogP contribution in [0.4, 0.5) is 0 Å². The Morgan fingerprint density at radius 2 is 2.06 bits per heavy atom. The smallest absolute Gasteiger partial charge is 0.120 e. The van der Waals surface area contributed by atoms with Crippen molar-refractivity contribution in [1.29, 1.82) is 0 Å². The van der Waals surface area contributed by atoms with Gasteiger partial charge >= 0.3 is 0 Å². The summed E-state index contributed by atoms with van der Waals surface area (Å²) in [5, 5.41) is 12.2. The predicted molar refractivity (Wildman–Crippen MR) is 70.2 cm³/mol. The number of ether oxygens (including phenoxy) is 1. The van der Waals surface area contributed by atoms with Crippen LogP contribution in [0.25, 0.3) is 0 Å². The topological polar surface area (TPSA) is 41.5 Å². The summed E-state index contributed by atoms with van der Waals surface area (Å²) in [6.07, 6.45) is 0.202. The predicted octanol–water partition coefficient (Wildman–Crippen LogP) is 2.19. The van der Waals surface area contributed by atoms with Gasteiger partial charge in [-0.05, 0) is 37.5 Å². The average Bonchev–Trinajstić information content (AvgIpc) is 2.28. The summed E-state index contributed by atoms with van der Waals surface area (Å²) < 4.78 is 5.64. The van der Waals surface area contributed by atoms with Gasteiger partial charge in [-0.15, -0.1) is 0 Å². The van der Waals surface area contributed by atoms with Crippen LogP contribution < -0.4 is 10.1 Å². The quantitative estimate of drug-likeness (QED) is 0.764. The van der Waals surface area contributed by atoms with Crippen LogP contribution in [-0.4, -0.2) is 24.4 Å². The van der Waals surface area contributed by atoms with E-state index in [0.717, 1.165) is 18.8 Å². The van der Waals surface area contributed by atoms with Gasteiger partial charge in [-0.3, -0.25) is 0 Å². The highest BCUT2D eigenvalue weighted by Gasteiger charge is 2.01. The molecule has 0 aliphatic carbocycles. The van der Waals surface area contributed by atoms with Crippen LogP contribution in [0.1, 0.15) is 26.3 Å². The number of aliphatic hydroxyl groups is 1. The largest absolute Gasteiger partial charge is 0.491 e. The first-order valence-electron chi connectivity index (χ1n) is 6.19. The summed E-state index contributed by atoms with van der Waals surface area (Å²) in [5.74, 6) is 1.21. The molecule has 1 aromatic carbocycles. The van der Waals surface area contributed by atoms with Crippen molar-refractivity contribution < 1.29 is 9.84 Å². The standard InChI is InChI=1S/C14H23NO2/c1-11(2)17-14-6-4-5-13(7-14)9-15-8-12(3)10-16/h4-7,11-12,15-16H,8-10H2,1-3H3. The second-order valence-electron chi connectivity index (χ2n) is 4.73. The molecule has 2 N–H and O–H groups in total. The van der Waals surface area contributed by atoms with E-state index in [4.69, 9.17) is 9.84 Å². The van der Waals surface area contributed by atoms with Crippen LogP contribution in [0.2, 0.25) is 0 Å². The molecule has 3 nitrogen and oxygen atoms in total. The lowest BCUT2D eigenvalue weighted by atomic mass is 10.2. The van der Waals surface area contributed by atoms with Crippen molar-refractivity contribution in [3.05, 3.63) is 29.8 Å². The lowest BCUT2D eigenvalue weighted by Crippen LogP contribution is -2.22. The zero-order chi connectivity index (χ0) is 12.7. The molecule has 17 heavy (non-hydrogen) atoms. The van der Waals surface area contributed by atoms with Crippen molar-refractivity contribution in [1.82, 2.24) is 5.32 Å². The number of aliphatic hydroxyl groups excluding tert-OH is 1. The minimum atomic E-state index is 0.202. The minimum absolute atomic E-state index is 0.202. The maximum atomic E-state index is 8.92. The van der Waals surface area contributed by atoms with Crippen molar-refractivity contribution in [2.45, 2.75) is 33.4 Å². The third-order valence-electron chi connectivity index (χ3n) is 2.40. The first kappa shape index (κ1) is 14.0. The van der Waals surface area contributed by atoms with E-state index in [1.54, 1.807) is 0 Å². The highest BCUT2D eigenvalue weighted by molar-refractivity contribution is 5.28. The maximum Gasteiger partial charge on any atom is 0.120 e. The Kier molecular flexibility index (Phi) is 6.01. The Hall–Kier alpha value is -1.06. The van der Waals surface area contributed by atoms with Crippen molar-refractivity contribution in [2.24, 2.45) is 5.92 Å². The van der Waals surface area contributed by atoms with Gasteiger partial charge < -0.3 is 15.2 Å². The van der Waals surface area contributed by atoms with Gasteiger partial charge in [0.25, 0.3) is 0 Å². The van der Waals surface area contributed by atoms with Crippen LogP contribution in [-0.2, 0) is 6.54 Å². The van der Waals surface area contributed by atoms with Crippen LogP contribution in [0, 0.1) is 5.92 Å². The fraction of sp³-hybridized carbons (Fsp3) is 0.571. The number of hydrogen-bond acceptors (Lipinski definition) is 3. The average molecular weight is 237 g/mol. The zero-order valence-corrected chi connectivity index (χ0v) is 10.9. The van der Waals surface area contributed by atoms with Crippen LogP contribution >= 0.6 is 0 Å². The van der Waals surface area contributed by atoms with Gasteiger partial charge in [0.2, 0.25) is 0 Å². The molecule has 0 heterocycles. The van der Waals surface area contributed by atoms with Crippen LogP contribution in [0.5, 0.6) is 5.75 Å². The van der Waals surface area contributed by atoms with Gasteiger partial charge in [0, 0.05) is 19.7 Å². The molecule has 1 aromatic rings. The molecule has 0 spiro atoms. The van der Waals surface area contributed by atoms with E-state index >= 15 is 0 Å². The molecule has 0 saturated carbocycles. The van der Waals surface area contributed by atoms with E-state index in [-0.39, 0.29) is 12.7 Å². The molecule has 96 valence electrons. The molecule has 1 atom stereocenters. The number of benzene rings is 1. The lowest BCUT2D eigenvalue weighted by molar-refractivity contribution is 0.233. The van der Waals surface area contributed by atoms with Gasteiger partial charge in [-0.1, -0.05) is 19.1 Å². The van der Waals surface area contributed by atoms with E-state index < -0.39 is 0 Å². The van der Waals surface area contributed by atoms with Gasteiger partial charge in [0.1, 0.15) is 5.75 Å². The zero-order valence-electron chi connectivity index (χ0n) is 10.9. The fourth-order valence-electron chi connectivity index (χ4n) is 1.53. The first-order valence-corrected chi connectivity index (χ1v) is 6.19. The van der Waals surface area contributed by atoms with Crippen molar-refractivity contribution in [2.75, 3.05) is 13.2 Å². The Bertz CT molecular complexity index is 326. The van der Waals surface area contributed by atoms with E-state index in [1.807, 2.05) is 32.9 Å². The minimum Gasteiger partial charge on any atom is -0.491 e. The SMILES string of the molecule is CC(CO)CNCc1cccc(OC(C)C)c1. The Balaban J connectivity index is 2.43. The van der Waals surface area contributed by atoms with Crippen LogP contribution in [0.3, 0.4) is 0 Å². The maximum absolute atomic E-state index is 8.92. The van der Waals surface area contributed by atoms with Crippen molar-refractivity contribution in [3.63, 3.8) is 0 Å². The normalized spacial score (nSPS) is 12.8. The molecule has 0 aliphatic heterocycles. The molecule has 1 unspecified atom stereocenters. The molecule has 0 saturated heterocycles. The highest BCUT2D eigenvalue weighted by atomic mass is 16.5. The van der Waals surface area contributed by atoms with E-state index in [9.17, 15) is 0 Å². The third-order valence-corrected chi connectivity index (χ3v) is 2.40. The monoisotopic (exact) mass is 237 g/mol. The van der Waals surface area contributed by atoms with Gasteiger partial charge in [-0.25, -0.2) is 0 Å². The van der Waals surface area contributed by atoms with E-state index in [1.165, 1.54) is 5.56 Å². The second kappa shape index (κ2) is 7.30. The molecular weight excluding hydrogens is 214 g/mol. The second-order valence-corrected chi connectivity index (χ2v) is 4.73. The first-order chi connectivity index (χ1) is 8.11. The Morgan fingerprint density at radius 1 is 1.29 bits per heavy atom. The Labute approximate surface area is 104 Å². The molecule has 0 radical (unpaired) electrons. The van der Waals surface area contributed by atoms with Crippen molar-refractivity contribution in [3.8, 4) is 5.75 Å². The van der Waals surface area contributed by atoms with Gasteiger partial charge in [-0.2, -0.15) is 0 Å². The molecule has 0 amide bonds. The molecular formula is C14H23NO2. The molecule has 3 heteroatoms. The van der Waals surface area contributed by atoms with Crippen LogP contribution in [0.15, 0.2) is 24.3 Å². The molecule has 0 aliphatic rings. The van der Waals surface area contributed by atoms with E-state index in [0.29, 0.717) is 5.92 Å². The summed E-state index contributed by atoms with van der Waals surface area (Å²) >= 11 is 0. The number of nitrogens with one attached hydrogen (secondary N) is 1. The molecule has 0 aromatic heterocycles. The van der Waals surface area contributed by atoms with Gasteiger partial charge in [0.15, 0.2) is 0 Å².